The summed E-state index contributed by atoms with van der Waals surface area (Å²) in [6.07, 6.45) is 0.130. The number of carboxylic acid groups (broad SMARTS) is 1. The average molecular weight is 330 g/mol. The van der Waals surface area contributed by atoms with E-state index in [1.165, 1.54) is 4.90 Å². The second-order valence-corrected chi connectivity index (χ2v) is 5.06. The standard InChI is InChI=1S/C15H20ClNO5/c1-21-8-9-22-7-6-14(18)17(11-15(19)20)10-12-2-4-13(16)5-3-12/h2-5H,6-11H2,1H3,(H,19,20). The fourth-order valence-electron chi connectivity index (χ4n) is 1.77. The maximum Gasteiger partial charge on any atom is 0.323 e. The third kappa shape index (κ3) is 7.40. The summed E-state index contributed by atoms with van der Waals surface area (Å²) in [6.45, 7) is 0.969. The number of rotatable bonds is 10. The predicted octanol–water partition coefficient (Wildman–Crippen LogP) is 1.81. The molecule has 0 bridgehead atoms. The molecule has 22 heavy (non-hydrogen) atoms. The molecule has 0 heterocycles. The van der Waals surface area contributed by atoms with Crippen molar-refractivity contribution in [2.45, 2.75) is 13.0 Å². The number of benzene rings is 1. The third-order valence-electron chi connectivity index (χ3n) is 2.86. The van der Waals surface area contributed by atoms with E-state index in [-0.39, 0.29) is 32.0 Å². The number of halogens is 1. The molecule has 0 aliphatic carbocycles. The summed E-state index contributed by atoms with van der Waals surface area (Å²) in [5.74, 6) is -1.32. The van der Waals surface area contributed by atoms with E-state index in [1.807, 2.05) is 0 Å². The zero-order chi connectivity index (χ0) is 16.4. The van der Waals surface area contributed by atoms with E-state index in [9.17, 15) is 9.59 Å². The summed E-state index contributed by atoms with van der Waals surface area (Å²) in [6, 6.07) is 6.93. The molecule has 1 aromatic carbocycles. The Hall–Kier alpha value is -1.63. The van der Waals surface area contributed by atoms with Gasteiger partial charge in [0.05, 0.1) is 26.2 Å². The quantitative estimate of drug-likeness (QED) is 0.662. The number of nitrogens with zero attached hydrogens (tertiary/aromatic N) is 1. The number of ether oxygens (including phenoxy) is 2. The van der Waals surface area contributed by atoms with Crippen LogP contribution in [0.5, 0.6) is 0 Å². The Balaban J connectivity index is 2.53. The first kappa shape index (κ1) is 18.4. The number of amides is 1. The normalized spacial score (nSPS) is 10.5. The van der Waals surface area contributed by atoms with Gasteiger partial charge in [-0.05, 0) is 17.7 Å². The molecule has 0 aliphatic rings. The van der Waals surface area contributed by atoms with E-state index in [2.05, 4.69) is 0 Å². The lowest BCUT2D eigenvalue weighted by molar-refractivity contribution is -0.145. The molecule has 0 spiro atoms. The minimum atomic E-state index is -1.05. The van der Waals surface area contributed by atoms with Gasteiger partial charge in [0.25, 0.3) is 0 Å². The molecule has 0 aromatic heterocycles. The monoisotopic (exact) mass is 329 g/mol. The highest BCUT2D eigenvalue weighted by Gasteiger charge is 2.17. The summed E-state index contributed by atoms with van der Waals surface area (Å²) >= 11 is 5.80. The number of aliphatic carboxylic acids is 1. The van der Waals surface area contributed by atoms with Crippen molar-refractivity contribution in [3.8, 4) is 0 Å². The number of hydrogen-bond donors (Lipinski definition) is 1. The van der Waals surface area contributed by atoms with Crippen molar-refractivity contribution in [1.82, 2.24) is 4.90 Å². The van der Waals surface area contributed by atoms with E-state index in [0.717, 1.165) is 5.56 Å². The van der Waals surface area contributed by atoms with Gasteiger partial charge in [-0.3, -0.25) is 9.59 Å². The molecule has 1 rings (SSSR count). The van der Waals surface area contributed by atoms with Crippen LogP contribution in [0, 0.1) is 0 Å². The Bertz CT molecular complexity index is 477. The molecule has 0 atom stereocenters. The second-order valence-electron chi connectivity index (χ2n) is 4.63. The lowest BCUT2D eigenvalue weighted by atomic mass is 10.2. The van der Waals surface area contributed by atoms with Crippen molar-refractivity contribution in [2.24, 2.45) is 0 Å². The Kier molecular flexibility index (Phi) is 8.50. The number of carbonyl (C=O) groups excluding carboxylic acids is 1. The van der Waals surface area contributed by atoms with E-state index in [1.54, 1.807) is 31.4 Å². The maximum atomic E-state index is 12.1. The van der Waals surface area contributed by atoms with E-state index >= 15 is 0 Å². The molecule has 122 valence electrons. The lowest BCUT2D eigenvalue weighted by Crippen LogP contribution is -2.35. The average Bonchev–Trinajstić information content (AvgIpc) is 2.48. The largest absolute Gasteiger partial charge is 0.480 e. The van der Waals surface area contributed by atoms with Crippen molar-refractivity contribution in [1.29, 1.82) is 0 Å². The smallest absolute Gasteiger partial charge is 0.323 e. The minimum Gasteiger partial charge on any atom is -0.480 e. The van der Waals surface area contributed by atoms with Gasteiger partial charge < -0.3 is 19.5 Å². The minimum absolute atomic E-state index is 0.130. The lowest BCUT2D eigenvalue weighted by Gasteiger charge is -2.21. The molecule has 0 unspecified atom stereocenters. The Labute approximate surface area is 134 Å². The summed E-state index contributed by atoms with van der Waals surface area (Å²) < 4.78 is 10.1. The van der Waals surface area contributed by atoms with Crippen molar-refractivity contribution in [3.63, 3.8) is 0 Å². The number of carbonyl (C=O) groups is 2. The fraction of sp³-hybridized carbons (Fsp3) is 0.467. The van der Waals surface area contributed by atoms with Gasteiger partial charge in [0.15, 0.2) is 0 Å². The van der Waals surface area contributed by atoms with Crippen molar-refractivity contribution in [2.75, 3.05) is 33.5 Å². The van der Waals surface area contributed by atoms with Crippen LogP contribution in [0.3, 0.4) is 0 Å². The topological polar surface area (TPSA) is 76.1 Å². The van der Waals surface area contributed by atoms with Crippen molar-refractivity contribution in [3.05, 3.63) is 34.9 Å². The van der Waals surface area contributed by atoms with Gasteiger partial charge in [-0.2, -0.15) is 0 Å². The van der Waals surface area contributed by atoms with Crippen LogP contribution in [0.4, 0.5) is 0 Å². The van der Waals surface area contributed by atoms with Crippen molar-refractivity contribution >= 4 is 23.5 Å². The molecule has 6 nitrogen and oxygen atoms in total. The van der Waals surface area contributed by atoms with Gasteiger partial charge in [0.2, 0.25) is 5.91 Å². The van der Waals surface area contributed by atoms with Crippen LogP contribution < -0.4 is 0 Å². The SMILES string of the molecule is COCCOCCC(=O)N(CC(=O)O)Cc1ccc(Cl)cc1. The molecular formula is C15H20ClNO5. The molecule has 0 aliphatic heterocycles. The van der Waals surface area contributed by atoms with Gasteiger partial charge in [0, 0.05) is 18.7 Å². The molecule has 0 fully saturated rings. The number of methoxy groups -OCH3 is 1. The van der Waals surface area contributed by atoms with Gasteiger partial charge in [-0.1, -0.05) is 23.7 Å². The molecule has 0 saturated carbocycles. The third-order valence-corrected chi connectivity index (χ3v) is 3.11. The van der Waals surface area contributed by atoms with E-state index in [0.29, 0.717) is 18.2 Å². The van der Waals surface area contributed by atoms with Crippen LogP contribution >= 0.6 is 11.6 Å². The summed E-state index contributed by atoms with van der Waals surface area (Å²) in [5, 5.41) is 9.52. The van der Waals surface area contributed by atoms with Gasteiger partial charge in [-0.15, -0.1) is 0 Å². The Morgan fingerprint density at radius 1 is 1.18 bits per heavy atom. The molecule has 0 radical (unpaired) electrons. The zero-order valence-corrected chi connectivity index (χ0v) is 13.2. The van der Waals surface area contributed by atoms with E-state index < -0.39 is 5.97 Å². The second kappa shape index (κ2) is 10.2. The van der Waals surface area contributed by atoms with E-state index in [4.69, 9.17) is 26.2 Å². The first-order chi connectivity index (χ1) is 10.5. The van der Waals surface area contributed by atoms with Gasteiger partial charge in [-0.25, -0.2) is 0 Å². The summed E-state index contributed by atoms with van der Waals surface area (Å²) in [5.41, 5.74) is 0.819. The van der Waals surface area contributed by atoms with Crippen LogP contribution in [-0.2, 0) is 25.6 Å². The summed E-state index contributed by atoms with van der Waals surface area (Å²) in [4.78, 5) is 24.3. The molecule has 7 heteroatoms. The highest BCUT2D eigenvalue weighted by atomic mass is 35.5. The van der Waals surface area contributed by atoms with Gasteiger partial charge in [0.1, 0.15) is 6.54 Å². The van der Waals surface area contributed by atoms with Crippen LogP contribution in [0.25, 0.3) is 0 Å². The first-order valence-electron chi connectivity index (χ1n) is 6.83. The van der Waals surface area contributed by atoms with Crippen LogP contribution in [0.1, 0.15) is 12.0 Å². The fourth-order valence-corrected chi connectivity index (χ4v) is 1.89. The molecular weight excluding hydrogens is 310 g/mol. The summed E-state index contributed by atoms with van der Waals surface area (Å²) in [7, 11) is 1.56. The molecule has 0 saturated heterocycles. The maximum absolute atomic E-state index is 12.1. The Morgan fingerprint density at radius 2 is 1.86 bits per heavy atom. The van der Waals surface area contributed by atoms with Crippen LogP contribution in [0.15, 0.2) is 24.3 Å². The van der Waals surface area contributed by atoms with Crippen LogP contribution in [0.2, 0.25) is 5.02 Å². The van der Waals surface area contributed by atoms with Gasteiger partial charge >= 0.3 is 5.97 Å². The molecule has 1 amide bonds. The van der Waals surface area contributed by atoms with Crippen molar-refractivity contribution < 1.29 is 24.2 Å². The highest BCUT2D eigenvalue weighted by Crippen LogP contribution is 2.12. The molecule has 1 N–H and O–H groups in total. The van der Waals surface area contributed by atoms with Crippen LogP contribution in [-0.4, -0.2) is 55.4 Å². The Morgan fingerprint density at radius 3 is 2.45 bits per heavy atom. The zero-order valence-electron chi connectivity index (χ0n) is 12.5. The first-order valence-corrected chi connectivity index (χ1v) is 7.21. The predicted molar refractivity (Wildman–Crippen MR) is 81.8 cm³/mol. The number of carboxylic acids is 1. The highest BCUT2D eigenvalue weighted by molar-refractivity contribution is 6.30. The number of hydrogen-bond acceptors (Lipinski definition) is 4. The molecule has 1 aromatic rings.